The van der Waals surface area contributed by atoms with Gasteiger partial charge in [0.05, 0.1) is 39.1 Å². The van der Waals surface area contributed by atoms with E-state index in [1.807, 2.05) is 0 Å². The first-order valence-electron chi connectivity index (χ1n) is 25.9. The Kier molecular flexibility index (Phi) is 43.7. The summed E-state index contributed by atoms with van der Waals surface area (Å²) in [5.74, 6) is -5.48. The van der Waals surface area contributed by atoms with Crippen molar-refractivity contribution in [1.82, 2.24) is 0 Å². The molecule has 0 amide bonds. The summed E-state index contributed by atoms with van der Waals surface area (Å²) in [6, 6.07) is 0. The van der Waals surface area contributed by atoms with Crippen molar-refractivity contribution in [2.24, 2.45) is 0 Å². The van der Waals surface area contributed by atoms with Crippen molar-refractivity contribution in [2.45, 2.75) is 181 Å². The van der Waals surface area contributed by atoms with Gasteiger partial charge >= 0.3 is 59.7 Å². The standard InChI is InChI=1S/C51H80O23S2/c1-6-65-40(52)20-10-8-14-29-67-42(54)22-12-16-32-75-48(60)26-18-24-44(56)73-37(3)50(62)71-35-46(58)69-31-28-39(64-5)34-70-47(59)36-72-51(63)38(4)74-45(57)25-19-27-49(61)76-33-17-13-23-43(55)68-30-15-9-11-21-41(53)66-7-2/h37-39H,6-36H2,1-5H3. The van der Waals surface area contributed by atoms with E-state index in [0.717, 1.165) is 36.4 Å². The van der Waals surface area contributed by atoms with Crippen LogP contribution in [0.4, 0.5) is 0 Å². The second-order valence-electron chi connectivity index (χ2n) is 16.8. The zero-order chi connectivity index (χ0) is 56.8. The van der Waals surface area contributed by atoms with Crippen LogP contribution in [0.3, 0.4) is 0 Å². The van der Waals surface area contributed by atoms with E-state index in [4.69, 9.17) is 52.1 Å². The van der Waals surface area contributed by atoms with Crippen LogP contribution in [0, 0.1) is 0 Å². The number of hydrogen-bond acceptors (Lipinski definition) is 25. The lowest BCUT2D eigenvalue weighted by Crippen LogP contribution is -2.30. The normalized spacial score (nSPS) is 11.9. The molecule has 76 heavy (non-hydrogen) atoms. The van der Waals surface area contributed by atoms with Crippen LogP contribution in [0.1, 0.15) is 163 Å². The molecule has 23 nitrogen and oxygen atoms in total. The van der Waals surface area contributed by atoms with Crippen LogP contribution in [-0.4, -0.2) is 160 Å². The molecule has 0 saturated carbocycles. The van der Waals surface area contributed by atoms with Crippen molar-refractivity contribution in [3.63, 3.8) is 0 Å². The van der Waals surface area contributed by atoms with E-state index >= 15 is 0 Å². The van der Waals surface area contributed by atoms with Gasteiger partial charge in [0.1, 0.15) is 6.61 Å². The van der Waals surface area contributed by atoms with Gasteiger partial charge in [0.15, 0.2) is 35.7 Å². The molecule has 0 spiro atoms. The molecule has 0 heterocycles. The van der Waals surface area contributed by atoms with Gasteiger partial charge in [-0.25, -0.2) is 19.2 Å². The molecule has 0 aromatic heterocycles. The van der Waals surface area contributed by atoms with Crippen molar-refractivity contribution in [1.29, 1.82) is 0 Å². The van der Waals surface area contributed by atoms with Gasteiger partial charge in [0.2, 0.25) is 0 Å². The number of esters is 10. The number of hydrogen-bond donors (Lipinski definition) is 0. The zero-order valence-corrected chi connectivity index (χ0v) is 46.5. The van der Waals surface area contributed by atoms with Crippen LogP contribution in [0.2, 0.25) is 0 Å². The number of thioether (sulfide) groups is 2. The first-order chi connectivity index (χ1) is 36.4. The highest BCUT2D eigenvalue weighted by molar-refractivity contribution is 8.13. The Hall–Kier alpha value is -5.30. The quantitative estimate of drug-likeness (QED) is 0.0385. The second kappa shape index (κ2) is 47.0. The van der Waals surface area contributed by atoms with Crippen LogP contribution in [-0.2, 0) is 110 Å². The van der Waals surface area contributed by atoms with E-state index in [0.29, 0.717) is 88.9 Å². The van der Waals surface area contributed by atoms with Crippen molar-refractivity contribution in [3.8, 4) is 0 Å². The van der Waals surface area contributed by atoms with Gasteiger partial charge in [-0.1, -0.05) is 23.5 Å². The molecule has 3 atom stereocenters. The number of rotatable bonds is 46. The molecule has 434 valence electrons. The summed E-state index contributed by atoms with van der Waals surface area (Å²) in [5.41, 5.74) is 0. The van der Waals surface area contributed by atoms with E-state index in [2.05, 4.69) is 0 Å². The number of carbonyl (C=O) groups is 12. The van der Waals surface area contributed by atoms with E-state index in [-0.39, 0.29) is 118 Å². The third-order valence-electron chi connectivity index (χ3n) is 10.2. The minimum Gasteiger partial charge on any atom is -0.466 e. The lowest BCUT2D eigenvalue weighted by molar-refractivity contribution is -0.172. The Balaban J connectivity index is 4.05. The monoisotopic (exact) mass is 1120 g/mol. The molecular weight excluding hydrogens is 1040 g/mol. The highest BCUT2D eigenvalue weighted by Crippen LogP contribution is 2.16. The molecule has 0 radical (unpaired) electrons. The molecule has 3 unspecified atom stereocenters. The fourth-order valence-electron chi connectivity index (χ4n) is 6.04. The summed E-state index contributed by atoms with van der Waals surface area (Å²) in [5, 5.41) is -0.272. The van der Waals surface area contributed by atoms with Gasteiger partial charge in [-0.15, -0.1) is 0 Å². The number of carbonyl (C=O) groups excluding carboxylic acids is 12. The van der Waals surface area contributed by atoms with Gasteiger partial charge in [-0.05, 0) is 105 Å². The topological polar surface area (TPSA) is 306 Å². The fraction of sp³-hybridized carbons (Fsp3) is 0.765. The summed E-state index contributed by atoms with van der Waals surface area (Å²) in [6.07, 6.45) is 4.53. The summed E-state index contributed by atoms with van der Waals surface area (Å²) in [4.78, 5) is 144. The summed E-state index contributed by atoms with van der Waals surface area (Å²) in [6.45, 7) is 5.16. The molecule has 0 aliphatic rings. The Morgan fingerprint density at radius 2 is 0.737 bits per heavy atom. The van der Waals surface area contributed by atoms with Gasteiger partial charge in [0.25, 0.3) is 0 Å². The summed E-state index contributed by atoms with van der Waals surface area (Å²) < 4.78 is 55.2. The number of ether oxygens (including phenoxy) is 11. The molecule has 0 rings (SSSR count). The van der Waals surface area contributed by atoms with Gasteiger partial charge < -0.3 is 52.1 Å². The highest BCUT2D eigenvalue weighted by atomic mass is 32.2. The van der Waals surface area contributed by atoms with Crippen LogP contribution >= 0.6 is 23.5 Å². The van der Waals surface area contributed by atoms with Crippen LogP contribution in [0.25, 0.3) is 0 Å². The lowest BCUT2D eigenvalue weighted by Gasteiger charge is -2.16. The van der Waals surface area contributed by atoms with Crippen molar-refractivity contribution >= 4 is 93.4 Å². The summed E-state index contributed by atoms with van der Waals surface area (Å²) in [7, 11) is 1.31. The first kappa shape index (κ1) is 70.7. The largest absolute Gasteiger partial charge is 0.466 e. The zero-order valence-electron chi connectivity index (χ0n) is 44.9. The molecule has 0 bridgehead atoms. The first-order valence-corrected chi connectivity index (χ1v) is 27.9. The number of methoxy groups -OCH3 is 1. The van der Waals surface area contributed by atoms with E-state index in [1.54, 1.807) is 13.8 Å². The average molecular weight is 1130 g/mol. The van der Waals surface area contributed by atoms with Gasteiger partial charge in [-0.2, -0.15) is 0 Å². The molecule has 0 aliphatic carbocycles. The van der Waals surface area contributed by atoms with E-state index in [1.165, 1.54) is 21.0 Å². The summed E-state index contributed by atoms with van der Waals surface area (Å²) >= 11 is 2.19. The molecule has 0 fully saturated rings. The van der Waals surface area contributed by atoms with Gasteiger partial charge in [0, 0.05) is 76.4 Å². The maximum atomic E-state index is 12.3. The van der Waals surface area contributed by atoms with Crippen molar-refractivity contribution in [2.75, 3.05) is 71.5 Å². The maximum Gasteiger partial charge on any atom is 0.347 e. The molecule has 0 aliphatic heterocycles. The van der Waals surface area contributed by atoms with Crippen LogP contribution in [0.5, 0.6) is 0 Å². The second-order valence-corrected chi connectivity index (χ2v) is 19.1. The Labute approximate surface area is 453 Å². The fourth-order valence-corrected chi connectivity index (χ4v) is 7.77. The minimum atomic E-state index is -1.35. The Morgan fingerprint density at radius 3 is 1.14 bits per heavy atom. The minimum absolute atomic E-state index is 0.0534. The SMILES string of the molecule is CCOC(=O)CCCCCOC(=O)CCCCSC(=O)CCCC(=O)OC(C)C(=O)OCC(=O)OCCC(COC(=O)COC(=O)C(C)OC(=O)CCCC(=O)SCCCCC(=O)OCCCCCC(=O)OCC)OC. The lowest BCUT2D eigenvalue weighted by atomic mass is 10.2. The Bertz CT molecular complexity index is 1770. The number of unbranched alkanes of at least 4 members (excludes halogenated alkanes) is 6. The third kappa shape index (κ3) is 42.9. The smallest absolute Gasteiger partial charge is 0.347 e. The van der Waals surface area contributed by atoms with Crippen molar-refractivity contribution in [3.05, 3.63) is 0 Å². The Morgan fingerprint density at radius 1 is 0.368 bits per heavy atom. The molecule has 25 heteroatoms. The van der Waals surface area contributed by atoms with E-state index in [9.17, 15) is 57.5 Å². The van der Waals surface area contributed by atoms with Crippen LogP contribution < -0.4 is 0 Å². The molecular formula is C51H80O23S2. The maximum absolute atomic E-state index is 12.3. The molecule has 0 aromatic carbocycles. The third-order valence-corrected chi connectivity index (χ3v) is 12.2. The van der Waals surface area contributed by atoms with E-state index < -0.39 is 67.3 Å². The average Bonchev–Trinajstić information content (AvgIpc) is 3.37. The van der Waals surface area contributed by atoms with Crippen molar-refractivity contribution < 1.29 is 110 Å². The predicted octanol–water partition coefficient (Wildman–Crippen LogP) is 5.96. The molecule has 0 N–H and O–H groups in total. The molecule has 0 saturated heterocycles. The molecule has 0 aromatic rings. The van der Waals surface area contributed by atoms with Crippen LogP contribution in [0.15, 0.2) is 0 Å². The van der Waals surface area contributed by atoms with Gasteiger partial charge in [-0.3, -0.25) is 38.4 Å². The highest BCUT2D eigenvalue weighted by Gasteiger charge is 2.23. The predicted molar refractivity (Wildman–Crippen MR) is 273 cm³/mol.